The van der Waals surface area contributed by atoms with Gasteiger partial charge in [0.05, 0.1) is 10.5 Å². The lowest BCUT2D eigenvalue weighted by molar-refractivity contribution is -0.384. The molecule has 0 unspecified atom stereocenters. The Kier molecular flexibility index (Phi) is 6.29. The van der Waals surface area contributed by atoms with E-state index in [1.807, 2.05) is 0 Å². The number of hydrogen-bond acceptors (Lipinski definition) is 7. The minimum absolute atomic E-state index is 0.0566. The van der Waals surface area contributed by atoms with Crippen molar-refractivity contribution >= 4 is 33.4 Å². The first-order valence-electron chi connectivity index (χ1n) is 8.35. The summed E-state index contributed by atoms with van der Waals surface area (Å²) in [6, 6.07) is 12.6. The fourth-order valence-corrected chi connectivity index (χ4v) is 2.82. The average molecular weight is 460 g/mol. The molecule has 148 valence electrons. The van der Waals surface area contributed by atoms with E-state index in [-0.39, 0.29) is 36.4 Å². The lowest BCUT2D eigenvalue weighted by Crippen LogP contribution is -2.34. The molecule has 0 radical (unpaired) electrons. The number of benzene rings is 2. The number of rotatable bonds is 7. The second-order valence-corrected chi connectivity index (χ2v) is 6.58. The highest BCUT2D eigenvalue weighted by Gasteiger charge is 2.17. The third-order valence-electron chi connectivity index (χ3n) is 3.75. The first-order chi connectivity index (χ1) is 14.0. The van der Waals surface area contributed by atoms with Crippen LogP contribution in [0.2, 0.25) is 0 Å². The van der Waals surface area contributed by atoms with Crippen LogP contribution in [0.4, 0.5) is 5.69 Å². The van der Waals surface area contributed by atoms with Gasteiger partial charge in [0, 0.05) is 35.3 Å². The van der Waals surface area contributed by atoms with Gasteiger partial charge < -0.3 is 15.2 Å². The monoisotopic (exact) mass is 459 g/mol. The van der Waals surface area contributed by atoms with Crippen molar-refractivity contribution in [3.05, 3.63) is 74.6 Å². The van der Waals surface area contributed by atoms with Crippen LogP contribution in [-0.2, 0) is 0 Å². The zero-order chi connectivity index (χ0) is 20.8. The lowest BCUT2D eigenvalue weighted by atomic mass is 10.2. The number of non-ortho nitro benzene ring substituents is 1. The second kappa shape index (κ2) is 9.06. The Morgan fingerprint density at radius 3 is 2.52 bits per heavy atom. The average Bonchev–Trinajstić information content (AvgIpc) is 3.22. The zero-order valence-electron chi connectivity index (χ0n) is 14.8. The lowest BCUT2D eigenvalue weighted by Gasteiger charge is -2.07. The number of nitrogens with one attached hydrogen (secondary N) is 2. The van der Waals surface area contributed by atoms with Crippen molar-refractivity contribution < 1.29 is 19.0 Å². The predicted octanol–water partition coefficient (Wildman–Crippen LogP) is 2.57. The van der Waals surface area contributed by atoms with Crippen molar-refractivity contribution in [2.75, 3.05) is 13.1 Å². The van der Waals surface area contributed by atoms with Crippen molar-refractivity contribution in [3.63, 3.8) is 0 Å². The first kappa shape index (κ1) is 20.1. The second-order valence-electron chi connectivity index (χ2n) is 5.72. The van der Waals surface area contributed by atoms with Gasteiger partial charge in [-0.1, -0.05) is 29.4 Å². The van der Waals surface area contributed by atoms with Crippen molar-refractivity contribution in [1.82, 2.24) is 20.8 Å². The minimum atomic E-state index is -0.621. The molecule has 0 fully saturated rings. The van der Waals surface area contributed by atoms with Gasteiger partial charge in [0.1, 0.15) is 0 Å². The number of nitrogens with zero attached hydrogens (tertiary/aromatic N) is 3. The van der Waals surface area contributed by atoms with E-state index in [0.29, 0.717) is 15.6 Å². The number of hydrogen-bond donors (Lipinski definition) is 2. The number of aromatic nitrogens is 2. The van der Waals surface area contributed by atoms with Crippen molar-refractivity contribution in [2.45, 2.75) is 0 Å². The maximum atomic E-state index is 12.1. The number of nitro benzene ring substituents is 1. The smallest absolute Gasteiger partial charge is 0.316 e. The van der Waals surface area contributed by atoms with Crippen LogP contribution in [0.25, 0.3) is 11.4 Å². The molecule has 0 aliphatic rings. The fraction of sp³-hybridized carbons (Fsp3) is 0.111. The first-order valence-corrected chi connectivity index (χ1v) is 9.14. The van der Waals surface area contributed by atoms with Crippen LogP contribution in [0.1, 0.15) is 21.0 Å². The molecule has 3 aromatic rings. The van der Waals surface area contributed by atoms with Crippen molar-refractivity contribution in [3.8, 4) is 11.4 Å². The summed E-state index contributed by atoms with van der Waals surface area (Å²) in [5, 5.41) is 19.7. The molecule has 0 saturated carbocycles. The number of amides is 2. The quantitative estimate of drug-likeness (QED) is 0.314. The molecule has 2 amide bonds. The summed E-state index contributed by atoms with van der Waals surface area (Å²) in [7, 11) is 0. The number of carbonyl (C=O) groups excluding carboxylic acids is 2. The summed E-state index contributed by atoms with van der Waals surface area (Å²) in [5.74, 6) is -1.13. The summed E-state index contributed by atoms with van der Waals surface area (Å²) in [6.45, 7) is 0.335. The molecule has 2 aromatic carbocycles. The van der Waals surface area contributed by atoms with Crippen LogP contribution >= 0.6 is 15.9 Å². The van der Waals surface area contributed by atoms with Crippen LogP contribution in [0.3, 0.4) is 0 Å². The Bertz CT molecular complexity index is 1070. The summed E-state index contributed by atoms with van der Waals surface area (Å²) in [4.78, 5) is 38.4. The molecular formula is C18H14BrN5O5. The van der Waals surface area contributed by atoms with Crippen LogP contribution < -0.4 is 10.6 Å². The molecule has 29 heavy (non-hydrogen) atoms. The van der Waals surface area contributed by atoms with Gasteiger partial charge >= 0.3 is 11.8 Å². The molecule has 0 bridgehead atoms. The SMILES string of the molecule is O=C(NCCNC(=O)c1ccccc1Br)c1nc(-c2cccc([N+](=O)[O-])c2)no1. The maximum absolute atomic E-state index is 12.1. The van der Waals surface area contributed by atoms with Crippen LogP contribution in [0, 0.1) is 10.1 Å². The van der Waals surface area contributed by atoms with E-state index in [9.17, 15) is 19.7 Å². The largest absolute Gasteiger partial charge is 0.350 e. The van der Waals surface area contributed by atoms with E-state index in [4.69, 9.17) is 4.52 Å². The fourth-order valence-electron chi connectivity index (χ4n) is 2.36. The highest BCUT2D eigenvalue weighted by molar-refractivity contribution is 9.10. The molecular weight excluding hydrogens is 446 g/mol. The number of carbonyl (C=O) groups is 2. The van der Waals surface area contributed by atoms with Crippen LogP contribution in [0.15, 0.2) is 57.5 Å². The van der Waals surface area contributed by atoms with Gasteiger partial charge in [0.15, 0.2) is 0 Å². The molecule has 10 nitrogen and oxygen atoms in total. The van der Waals surface area contributed by atoms with Gasteiger partial charge in [-0.25, -0.2) is 0 Å². The standard InChI is InChI=1S/C18H14BrN5O5/c19-14-7-2-1-6-13(14)16(25)20-8-9-21-17(26)18-22-15(23-29-18)11-4-3-5-12(10-11)24(27)28/h1-7,10H,8-9H2,(H,20,25)(H,21,26). The zero-order valence-corrected chi connectivity index (χ0v) is 16.4. The number of nitro groups is 1. The normalized spacial score (nSPS) is 10.4. The minimum Gasteiger partial charge on any atom is -0.350 e. The topological polar surface area (TPSA) is 140 Å². The molecule has 11 heteroatoms. The van der Waals surface area contributed by atoms with Crippen molar-refractivity contribution in [2.24, 2.45) is 0 Å². The van der Waals surface area contributed by atoms with E-state index in [2.05, 4.69) is 36.7 Å². The summed E-state index contributed by atoms with van der Waals surface area (Å²) >= 11 is 3.30. The predicted molar refractivity (Wildman–Crippen MR) is 105 cm³/mol. The summed E-state index contributed by atoms with van der Waals surface area (Å²) in [6.07, 6.45) is 0. The highest BCUT2D eigenvalue weighted by atomic mass is 79.9. The van der Waals surface area contributed by atoms with E-state index in [0.717, 1.165) is 0 Å². The van der Waals surface area contributed by atoms with Crippen molar-refractivity contribution in [1.29, 1.82) is 0 Å². The van der Waals surface area contributed by atoms with Gasteiger partial charge in [-0.2, -0.15) is 4.98 Å². The molecule has 1 heterocycles. The third-order valence-corrected chi connectivity index (χ3v) is 4.44. The Balaban J connectivity index is 1.53. The molecule has 0 aliphatic heterocycles. The van der Waals surface area contributed by atoms with Gasteiger partial charge in [-0.15, -0.1) is 0 Å². The Morgan fingerprint density at radius 2 is 1.79 bits per heavy atom. The van der Waals surface area contributed by atoms with E-state index < -0.39 is 10.8 Å². The van der Waals surface area contributed by atoms with Crippen LogP contribution in [0.5, 0.6) is 0 Å². The summed E-state index contributed by atoms with van der Waals surface area (Å²) in [5.41, 5.74) is 0.708. The molecule has 0 saturated heterocycles. The number of halogens is 1. The van der Waals surface area contributed by atoms with E-state index >= 15 is 0 Å². The van der Waals surface area contributed by atoms with Gasteiger partial charge in [-0.3, -0.25) is 19.7 Å². The molecule has 1 aromatic heterocycles. The Morgan fingerprint density at radius 1 is 1.07 bits per heavy atom. The Hall–Kier alpha value is -3.60. The molecule has 2 N–H and O–H groups in total. The highest BCUT2D eigenvalue weighted by Crippen LogP contribution is 2.21. The van der Waals surface area contributed by atoms with E-state index in [1.54, 1.807) is 30.3 Å². The summed E-state index contributed by atoms with van der Waals surface area (Å²) < 4.78 is 5.58. The molecule has 0 atom stereocenters. The van der Waals surface area contributed by atoms with Crippen LogP contribution in [-0.4, -0.2) is 40.0 Å². The van der Waals surface area contributed by atoms with Gasteiger partial charge in [0.2, 0.25) is 5.82 Å². The molecule has 3 rings (SSSR count). The molecule has 0 spiro atoms. The third kappa shape index (κ3) is 5.02. The van der Waals surface area contributed by atoms with E-state index in [1.165, 1.54) is 18.2 Å². The Labute approximate surface area is 172 Å². The molecule has 0 aliphatic carbocycles. The van der Waals surface area contributed by atoms with Gasteiger partial charge in [-0.05, 0) is 28.1 Å². The van der Waals surface area contributed by atoms with Gasteiger partial charge in [0.25, 0.3) is 11.6 Å². The maximum Gasteiger partial charge on any atom is 0.316 e.